The van der Waals surface area contributed by atoms with Gasteiger partial charge in [-0.3, -0.25) is 0 Å². The molecule has 2 aromatic rings. The van der Waals surface area contributed by atoms with Crippen molar-refractivity contribution in [2.75, 3.05) is 58.5 Å². The van der Waals surface area contributed by atoms with Crippen LogP contribution in [-0.4, -0.2) is 58.7 Å². The molecule has 0 atom stereocenters. The topological polar surface area (TPSA) is 63.2 Å². The highest BCUT2D eigenvalue weighted by atomic mass is 16.5. The third kappa shape index (κ3) is 12.5. The summed E-state index contributed by atoms with van der Waals surface area (Å²) in [6, 6.07) is 14.3. The van der Waals surface area contributed by atoms with Crippen molar-refractivity contribution in [3.05, 3.63) is 53.6 Å². The van der Waals surface area contributed by atoms with Crippen LogP contribution in [-0.2, 0) is 11.3 Å². The predicted octanol–water partition coefficient (Wildman–Crippen LogP) is 6.90. The quantitative estimate of drug-likeness (QED) is 0.361. The van der Waals surface area contributed by atoms with Crippen molar-refractivity contribution < 1.29 is 20.7 Å². The molecule has 0 radical (unpaired) electrons. The number of benzene rings is 2. The summed E-state index contributed by atoms with van der Waals surface area (Å²) in [5.41, 5.74) is 3.46. The first-order chi connectivity index (χ1) is 18.5. The number of piperidine rings is 1. The van der Waals surface area contributed by atoms with Crippen LogP contribution in [0.4, 0.5) is 5.69 Å². The SMILES string of the molecule is CC.CCC(C)C.COCCCN1CCOc2ccc(CO)cc21.COc1ccc(C2CCNCC2)cc1.[HH]. The standard InChI is InChI=1S/C13H19NO3.C12H17NO.C5H12.C2H6.H2/c1-16-7-2-5-14-6-8-17-13-4-3-11(10-15)9-12(13)14;1-14-12-4-2-10(3-5-12)11-6-8-13-9-7-11;1-4-5(2)3;1-2;/h3-4,9,15H,2,5-8,10H2,1H3;2-5,11,13H,6-9H2,1H3;5H,4H2,1-3H3;1-2H3;1H. The van der Waals surface area contributed by atoms with Crippen molar-refractivity contribution in [1.82, 2.24) is 5.32 Å². The number of methoxy groups -OCH3 is 2. The lowest BCUT2D eigenvalue weighted by Crippen LogP contribution is -2.34. The maximum Gasteiger partial charge on any atom is 0.142 e. The van der Waals surface area contributed by atoms with Crippen molar-refractivity contribution in [2.45, 2.75) is 72.8 Å². The normalized spacial score (nSPS) is 14.5. The van der Waals surface area contributed by atoms with Crippen LogP contribution in [0, 0.1) is 5.92 Å². The van der Waals surface area contributed by atoms with Crippen LogP contribution in [0.15, 0.2) is 42.5 Å². The summed E-state index contributed by atoms with van der Waals surface area (Å²) in [6.45, 7) is 16.4. The number of aliphatic hydroxyl groups is 1. The summed E-state index contributed by atoms with van der Waals surface area (Å²) < 4.78 is 15.8. The summed E-state index contributed by atoms with van der Waals surface area (Å²) in [4.78, 5) is 2.29. The molecule has 218 valence electrons. The molecule has 0 saturated carbocycles. The van der Waals surface area contributed by atoms with Crippen molar-refractivity contribution in [3.8, 4) is 11.5 Å². The molecule has 0 aliphatic carbocycles. The second kappa shape index (κ2) is 20.7. The van der Waals surface area contributed by atoms with Crippen molar-refractivity contribution in [1.29, 1.82) is 0 Å². The van der Waals surface area contributed by atoms with Gasteiger partial charge in [-0.1, -0.05) is 59.2 Å². The molecule has 6 nitrogen and oxygen atoms in total. The van der Waals surface area contributed by atoms with E-state index in [-0.39, 0.29) is 8.03 Å². The number of anilines is 1. The third-order valence-corrected chi connectivity index (χ3v) is 6.68. The highest BCUT2D eigenvalue weighted by molar-refractivity contribution is 5.61. The molecule has 2 N–H and O–H groups in total. The fraction of sp³-hybridized carbons (Fsp3) is 0.625. The summed E-state index contributed by atoms with van der Waals surface area (Å²) in [5.74, 6) is 3.48. The summed E-state index contributed by atoms with van der Waals surface area (Å²) in [7, 11) is 3.43. The van der Waals surface area contributed by atoms with E-state index in [1.807, 2.05) is 32.0 Å². The average molecular weight is 533 g/mol. The molecule has 0 unspecified atom stereocenters. The van der Waals surface area contributed by atoms with Crippen molar-refractivity contribution >= 4 is 5.69 Å². The van der Waals surface area contributed by atoms with E-state index in [9.17, 15) is 0 Å². The van der Waals surface area contributed by atoms with Gasteiger partial charge in [-0.05, 0) is 79.6 Å². The van der Waals surface area contributed by atoms with Gasteiger partial charge < -0.3 is 29.5 Å². The molecule has 38 heavy (non-hydrogen) atoms. The lowest BCUT2D eigenvalue weighted by Gasteiger charge is -2.31. The smallest absolute Gasteiger partial charge is 0.142 e. The van der Waals surface area contributed by atoms with Crippen LogP contribution in [0.3, 0.4) is 0 Å². The zero-order valence-electron chi connectivity index (χ0n) is 25.1. The van der Waals surface area contributed by atoms with E-state index >= 15 is 0 Å². The van der Waals surface area contributed by atoms with E-state index < -0.39 is 0 Å². The van der Waals surface area contributed by atoms with E-state index in [4.69, 9.17) is 19.3 Å². The Bertz CT molecular complexity index is 843. The Hall–Kier alpha value is -2.28. The Kier molecular flexibility index (Phi) is 18.3. The van der Waals surface area contributed by atoms with Crippen LogP contribution < -0.4 is 19.7 Å². The van der Waals surface area contributed by atoms with Gasteiger partial charge in [0.2, 0.25) is 0 Å². The molecule has 0 aromatic heterocycles. The highest BCUT2D eigenvalue weighted by Gasteiger charge is 2.18. The Morgan fingerprint density at radius 1 is 1.08 bits per heavy atom. The second-order valence-corrected chi connectivity index (χ2v) is 9.74. The van der Waals surface area contributed by atoms with Gasteiger partial charge in [0.15, 0.2) is 0 Å². The van der Waals surface area contributed by atoms with Crippen molar-refractivity contribution in [3.63, 3.8) is 0 Å². The molecule has 2 aromatic carbocycles. The van der Waals surface area contributed by atoms with Gasteiger partial charge >= 0.3 is 0 Å². The van der Waals surface area contributed by atoms with Gasteiger partial charge in [0.05, 0.1) is 25.9 Å². The molecule has 2 aliphatic heterocycles. The summed E-state index contributed by atoms with van der Waals surface area (Å²) in [5, 5.41) is 12.5. The first-order valence-electron chi connectivity index (χ1n) is 14.5. The Morgan fingerprint density at radius 3 is 2.29 bits per heavy atom. The van der Waals surface area contributed by atoms with Crippen LogP contribution in [0.1, 0.15) is 78.8 Å². The molecule has 0 spiro atoms. The molecule has 0 amide bonds. The Balaban J connectivity index is 0.000000594. The van der Waals surface area contributed by atoms with E-state index in [0.29, 0.717) is 0 Å². The van der Waals surface area contributed by atoms with Crippen LogP contribution in [0.2, 0.25) is 0 Å². The minimum Gasteiger partial charge on any atom is -0.497 e. The van der Waals surface area contributed by atoms with Crippen LogP contribution in [0.25, 0.3) is 0 Å². The second-order valence-electron chi connectivity index (χ2n) is 9.74. The molecule has 0 bridgehead atoms. The number of hydrogen-bond donors (Lipinski definition) is 2. The van der Waals surface area contributed by atoms with Gasteiger partial charge in [-0.2, -0.15) is 0 Å². The Labute approximate surface area is 234 Å². The fourth-order valence-corrected chi connectivity index (χ4v) is 4.08. The Morgan fingerprint density at radius 2 is 1.74 bits per heavy atom. The minimum absolute atomic E-state index is 0. The van der Waals surface area contributed by atoms with Crippen LogP contribution in [0.5, 0.6) is 11.5 Å². The highest BCUT2D eigenvalue weighted by Crippen LogP contribution is 2.32. The number of hydrogen-bond acceptors (Lipinski definition) is 6. The number of nitrogens with zero attached hydrogens (tertiary/aromatic N) is 1. The third-order valence-electron chi connectivity index (χ3n) is 6.68. The van der Waals surface area contributed by atoms with Crippen molar-refractivity contribution in [2.24, 2.45) is 5.92 Å². The number of aliphatic hydroxyl groups excluding tert-OH is 1. The molecular weight excluding hydrogens is 476 g/mol. The molecule has 4 rings (SSSR count). The zero-order valence-corrected chi connectivity index (χ0v) is 25.1. The van der Waals surface area contributed by atoms with Gasteiger partial charge in [0.25, 0.3) is 0 Å². The lowest BCUT2D eigenvalue weighted by molar-refractivity contribution is 0.195. The molecule has 2 aliphatic rings. The summed E-state index contributed by atoms with van der Waals surface area (Å²) in [6.07, 6.45) is 4.82. The predicted molar refractivity (Wildman–Crippen MR) is 163 cm³/mol. The average Bonchev–Trinajstić information content (AvgIpc) is 2.99. The van der Waals surface area contributed by atoms with E-state index in [1.165, 1.54) is 24.8 Å². The maximum atomic E-state index is 9.16. The number of fused-ring (bicyclic) bond motifs is 1. The largest absolute Gasteiger partial charge is 0.497 e. The van der Waals surface area contributed by atoms with E-state index in [2.05, 4.69) is 55.3 Å². The summed E-state index contributed by atoms with van der Waals surface area (Å²) >= 11 is 0. The molecular formula is C32H56N2O4. The molecule has 1 saturated heterocycles. The zero-order chi connectivity index (χ0) is 28.2. The van der Waals surface area contributed by atoms with Gasteiger partial charge in [0, 0.05) is 21.7 Å². The fourth-order valence-electron chi connectivity index (χ4n) is 4.08. The molecule has 6 heteroatoms. The molecule has 2 heterocycles. The number of rotatable bonds is 8. The first-order valence-corrected chi connectivity index (χ1v) is 14.5. The van der Waals surface area contributed by atoms with Gasteiger partial charge in [0.1, 0.15) is 18.1 Å². The minimum atomic E-state index is 0. The lowest BCUT2D eigenvalue weighted by atomic mass is 9.90. The first kappa shape index (κ1) is 33.7. The van der Waals surface area contributed by atoms with E-state index in [1.54, 1.807) is 14.2 Å². The van der Waals surface area contributed by atoms with Crippen LogP contribution >= 0.6 is 0 Å². The number of ether oxygens (including phenoxy) is 3. The maximum absolute atomic E-state index is 9.16. The monoisotopic (exact) mass is 532 g/mol. The number of nitrogens with one attached hydrogen (secondary N) is 1. The van der Waals surface area contributed by atoms with Gasteiger partial charge in [-0.25, -0.2) is 0 Å². The van der Waals surface area contributed by atoms with E-state index in [0.717, 1.165) is 80.4 Å². The molecule has 1 fully saturated rings. The van der Waals surface area contributed by atoms with Gasteiger partial charge in [-0.15, -0.1) is 0 Å².